The van der Waals surface area contributed by atoms with E-state index in [1.165, 1.54) is 0 Å². The average Bonchev–Trinajstić information content (AvgIpc) is 2.93. The zero-order valence-electron chi connectivity index (χ0n) is 12.2. The Morgan fingerprint density at radius 2 is 2.40 bits per heavy atom. The molecular weight excluding hydrogens is 254 g/mol. The minimum Gasteiger partial charge on any atom is -0.396 e. The summed E-state index contributed by atoms with van der Waals surface area (Å²) < 4.78 is 0. The lowest BCUT2D eigenvalue weighted by Gasteiger charge is -2.19. The summed E-state index contributed by atoms with van der Waals surface area (Å²) in [5.41, 5.74) is 2.38. The quantitative estimate of drug-likeness (QED) is 0.859. The maximum atomic E-state index is 12.6. The normalized spacial score (nSPS) is 18.4. The Morgan fingerprint density at radius 3 is 3.05 bits per heavy atom. The Bertz CT molecular complexity index is 476. The lowest BCUT2D eigenvalue weighted by Crippen LogP contribution is -2.30. The van der Waals surface area contributed by atoms with E-state index < -0.39 is 0 Å². The summed E-state index contributed by atoms with van der Waals surface area (Å²) in [6, 6.07) is 1.92. The van der Waals surface area contributed by atoms with Crippen LogP contribution in [0.3, 0.4) is 0 Å². The number of likely N-dealkylation sites (tertiary alicyclic amines) is 1. The van der Waals surface area contributed by atoms with Crippen LogP contribution in [0.25, 0.3) is 0 Å². The van der Waals surface area contributed by atoms with E-state index in [1.54, 1.807) is 6.20 Å². The number of aromatic nitrogens is 1. The molecule has 0 saturated carbocycles. The number of anilines is 1. The minimum atomic E-state index is 0.00653. The molecule has 1 atom stereocenters. The summed E-state index contributed by atoms with van der Waals surface area (Å²) in [4.78, 5) is 18.6. The number of carbonyl (C=O) groups excluding carboxylic acids is 1. The molecule has 1 aromatic rings. The first-order valence-corrected chi connectivity index (χ1v) is 7.26. The van der Waals surface area contributed by atoms with Crippen LogP contribution in [0.4, 0.5) is 5.69 Å². The standard InChI is InChI=1S/C15H23N3O2/c1-3-5-16-14-7-11(2)17-8-13(14)15(20)18-6-4-12(9-18)10-19/h7-8,12,19H,3-6,9-10H2,1-2H3,(H,16,17). The third kappa shape index (κ3) is 3.28. The fourth-order valence-corrected chi connectivity index (χ4v) is 2.47. The van der Waals surface area contributed by atoms with Crippen molar-refractivity contribution in [3.05, 3.63) is 23.5 Å². The van der Waals surface area contributed by atoms with Crippen LogP contribution in [0.15, 0.2) is 12.3 Å². The maximum Gasteiger partial charge on any atom is 0.257 e. The van der Waals surface area contributed by atoms with E-state index in [2.05, 4.69) is 17.2 Å². The van der Waals surface area contributed by atoms with E-state index in [4.69, 9.17) is 0 Å². The molecule has 110 valence electrons. The Hall–Kier alpha value is -1.62. The lowest BCUT2D eigenvalue weighted by atomic mass is 10.1. The predicted octanol–water partition coefficient (Wildman–Crippen LogP) is 1.67. The van der Waals surface area contributed by atoms with Crippen molar-refractivity contribution in [2.45, 2.75) is 26.7 Å². The lowest BCUT2D eigenvalue weighted by molar-refractivity contribution is 0.0782. The smallest absolute Gasteiger partial charge is 0.257 e. The van der Waals surface area contributed by atoms with Gasteiger partial charge in [-0.05, 0) is 25.8 Å². The summed E-state index contributed by atoms with van der Waals surface area (Å²) in [7, 11) is 0. The SMILES string of the molecule is CCCNc1cc(C)ncc1C(=O)N1CCC(CO)C1. The van der Waals surface area contributed by atoms with Crippen molar-refractivity contribution in [1.82, 2.24) is 9.88 Å². The highest BCUT2D eigenvalue weighted by atomic mass is 16.3. The molecule has 0 radical (unpaired) electrons. The molecule has 1 amide bonds. The number of rotatable bonds is 5. The van der Waals surface area contributed by atoms with E-state index in [-0.39, 0.29) is 18.4 Å². The van der Waals surface area contributed by atoms with E-state index in [0.29, 0.717) is 18.7 Å². The van der Waals surface area contributed by atoms with Gasteiger partial charge in [0.25, 0.3) is 5.91 Å². The van der Waals surface area contributed by atoms with Crippen molar-refractivity contribution in [2.75, 3.05) is 31.6 Å². The Morgan fingerprint density at radius 1 is 1.60 bits per heavy atom. The number of nitrogens with one attached hydrogen (secondary N) is 1. The van der Waals surface area contributed by atoms with Crippen LogP contribution < -0.4 is 5.32 Å². The second-order valence-corrected chi connectivity index (χ2v) is 5.39. The zero-order chi connectivity index (χ0) is 14.5. The molecule has 5 heteroatoms. The van der Waals surface area contributed by atoms with Gasteiger partial charge >= 0.3 is 0 Å². The number of carbonyl (C=O) groups is 1. The summed E-state index contributed by atoms with van der Waals surface area (Å²) >= 11 is 0. The highest BCUT2D eigenvalue weighted by Crippen LogP contribution is 2.22. The first-order chi connectivity index (χ1) is 9.65. The van der Waals surface area contributed by atoms with Gasteiger partial charge in [-0.25, -0.2) is 0 Å². The van der Waals surface area contributed by atoms with Crippen LogP contribution in [-0.4, -0.2) is 47.1 Å². The number of amides is 1. The van der Waals surface area contributed by atoms with Crippen LogP contribution in [0.2, 0.25) is 0 Å². The van der Waals surface area contributed by atoms with E-state index in [1.807, 2.05) is 17.9 Å². The molecular formula is C15H23N3O2. The van der Waals surface area contributed by atoms with Crippen LogP contribution in [0, 0.1) is 12.8 Å². The third-order valence-corrected chi connectivity index (χ3v) is 3.67. The molecule has 1 aliphatic rings. The van der Waals surface area contributed by atoms with Crippen LogP contribution in [-0.2, 0) is 0 Å². The van der Waals surface area contributed by atoms with E-state index >= 15 is 0 Å². The second-order valence-electron chi connectivity index (χ2n) is 5.39. The van der Waals surface area contributed by atoms with Crippen molar-refractivity contribution in [1.29, 1.82) is 0 Å². The first kappa shape index (κ1) is 14.8. The highest BCUT2D eigenvalue weighted by Gasteiger charge is 2.27. The van der Waals surface area contributed by atoms with Gasteiger partial charge in [0.1, 0.15) is 0 Å². The number of nitrogens with zero attached hydrogens (tertiary/aromatic N) is 2. The van der Waals surface area contributed by atoms with Gasteiger partial charge < -0.3 is 15.3 Å². The van der Waals surface area contributed by atoms with Crippen molar-refractivity contribution < 1.29 is 9.90 Å². The van der Waals surface area contributed by atoms with E-state index in [0.717, 1.165) is 30.8 Å². The molecule has 1 aromatic heterocycles. The fraction of sp³-hybridized carbons (Fsp3) is 0.600. The molecule has 0 spiro atoms. The monoisotopic (exact) mass is 277 g/mol. The molecule has 2 N–H and O–H groups in total. The summed E-state index contributed by atoms with van der Waals surface area (Å²) in [5.74, 6) is 0.219. The average molecular weight is 277 g/mol. The van der Waals surface area contributed by atoms with Crippen molar-refractivity contribution in [2.24, 2.45) is 5.92 Å². The fourth-order valence-electron chi connectivity index (χ4n) is 2.47. The van der Waals surface area contributed by atoms with Gasteiger partial charge in [0, 0.05) is 44.0 Å². The number of aryl methyl sites for hydroxylation is 1. The van der Waals surface area contributed by atoms with Gasteiger partial charge in [-0.15, -0.1) is 0 Å². The molecule has 5 nitrogen and oxygen atoms in total. The largest absolute Gasteiger partial charge is 0.396 e. The molecule has 0 aromatic carbocycles. The summed E-state index contributed by atoms with van der Waals surface area (Å²) in [6.45, 7) is 6.35. The third-order valence-electron chi connectivity index (χ3n) is 3.67. The Balaban J connectivity index is 2.16. The number of aliphatic hydroxyl groups is 1. The van der Waals surface area contributed by atoms with Gasteiger partial charge in [-0.1, -0.05) is 6.92 Å². The van der Waals surface area contributed by atoms with Gasteiger partial charge in [0.2, 0.25) is 0 Å². The van der Waals surface area contributed by atoms with Gasteiger partial charge in [0.05, 0.1) is 11.3 Å². The minimum absolute atomic E-state index is 0.00653. The molecule has 1 aliphatic heterocycles. The summed E-state index contributed by atoms with van der Waals surface area (Å²) in [5, 5.41) is 12.5. The topological polar surface area (TPSA) is 65.5 Å². The number of hydrogen-bond acceptors (Lipinski definition) is 4. The highest BCUT2D eigenvalue weighted by molar-refractivity contribution is 5.99. The Kier molecular flexibility index (Phi) is 4.95. The predicted molar refractivity (Wildman–Crippen MR) is 78.9 cm³/mol. The number of hydrogen-bond donors (Lipinski definition) is 2. The van der Waals surface area contributed by atoms with Gasteiger partial charge in [-0.2, -0.15) is 0 Å². The first-order valence-electron chi connectivity index (χ1n) is 7.26. The molecule has 1 unspecified atom stereocenters. The second kappa shape index (κ2) is 6.70. The van der Waals surface area contributed by atoms with Crippen LogP contribution >= 0.6 is 0 Å². The van der Waals surface area contributed by atoms with Crippen molar-refractivity contribution in [3.8, 4) is 0 Å². The van der Waals surface area contributed by atoms with Crippen molar-refractivity contribution >= 4 is 11.6 Å². The van der Waals surface area contributed by atoms with Gasteiger partial charge in [-0.3, -0.25) is 9.78 Å². The van der Waals surface area contributed by atoms with Crippen LogP contribution in [0.1, 0.15) is 35.8 Å². The summed E-state index contributed by atoms with van der Waals surface area (Å²) in [6.07, 6.45) is 3.53. The zero-order valence-corrected chi connectivity index (χ0v) is 12.2. The number of pyridine rings is 1. The van der Waals surface area contributed by atoms with Gasteiger partial charge in [0.15, 0.2) is 0 Å². The molecule has 0 bridgehead atoms. The molecule has 20 heavy (non-hydrogen) atoms. The molecule has 2 heterocycles. The Labute approximate surface area is 120 Å². The van der Waals surface area contributed by atoms with E-state index in [9.17, 15) is 9.90 Å². The molecule has 1 saturated heterocycles. The number of aliphatic hydroxyl groups excluding tert-OH is 1. The van der Waals surface area contributed by atoms with Crippen LogP contribution in [0.5, 0.6) is 0 Å². The molecule has 1 fully saturated rings. The maximum absolute atomic E-state index is 12.6. The molecule has 0 aliphatic carbocycles. The molecule has 2 rings (SSSR count). The van der Waals surface area contributed by atoms with Crippen molar-refractivity contribution in [3.63, 3.8) is 0 Å².